The zero-order valence-electron chi connectivity index (χ0n) is 9.89. The minimum Gasteiger partial charge on any atom is -0.334 e. The van der Waals surface area contributed by atoms with Crippen molar-refractivity contribution in [1.82, 2.24) is 9.88 Å². The van der Waals surface area contributed by atoms with Gasteiger partial charge in [0.2, 0.25) is 5.91 Å². The van der Waals surface area contributed by atoms with Crippen molar-refractivity contribution in [1.29, 1.82) is 0 Å². The summed E-state index contributed by atoms with van der Waals surface area (Å²) >= 11 is 0. The second kappa shape index (κ2) is 4.64. The average molecular weight is 218 g/mol. The Hall–Kier alpha value is -1.38. The Bertz CT molecular complexity index is 357. The van der Waals surface area contributed by atoms with Crippen LogP contribution in [-0.2, 0) is 11.3 Å². The normalized spacial score (nSPS) is 15.2. The molecule has 1 aliphatic carbocycles. The molecule has 0 saturated heterocycles. The fourth-order valence-electron chi connectivity index (χ4n) is 1.77. The van der Waals surface area contributed by atoms with Crippen molar-refractivity contribution in [2.45, 2.75) is 39.3 Å². The summed E-state index contributed by atoms with van der Waals surface area (Å²) in [5.41, 5.74) is 0.975. The van der Waals surface area contributed by atoms with Crippen LogP contribution in [0.3, 0.4) is 0 Å². The molecule has 1 saturated carbocycles. The molecular formula is C13H18N2O. The highest BCUT2D eigenvalue weighted by Gasteiger charge is 2.33. The van der Waals surface area contributed by atoms with E-state index in [9.17, 15) is 4.79 Å². The molecule has 1 heterocycles. The summed E-state index contributed by atoms with van der Waals surface area (Å²) < 4.78 is 0. The highest BCUT2D eigenvalue weighted by Crippen LogP contribution is 2.29. The Balaban J connectivity index is 2.06. The van der Waals surface area contributed by atoms with E-state index in [1.807, 2.05) is 36.9 Å². The molecule has 0 aliphatic heterocycles. The Kier molecular flexibility index (Phi) is 3.22. The third kappa shape index (κ3) is 2.60. The average Bonchev–Trinajstić information content (AvgIpc) is 3.10. The van der Waals surface area contributed by atoms with Crippen LogP contribution in [0.5, 0.6) is 0 Å². The summed E-state index contributed by atoms with van der Waals surface area (Å²) in [5, 5.41) is 0. The van der Waals surface area contributed by atoms with Gasteiger partial charge in [0, 0.05) is 18.2 Å². The second-order valence-corrected chi connectivity index (χ2v) is 4.67. The molecule has 16 heavy (non-hydrogen) atoms. The molecule has 0 N–H and O–H groups in total. The predicted molar refractivity (Wildman–Crippen MR) is 62.6 cm³/mol. The van der Waals surface area contributed by atoms with E-state index in [0.29, 0.717) is 12.6 Å². The van der Waals surface area contributed by atoms with Crippen LogP contribution >= 0.6 is 0 Å². The first kappa shape index (κ1) is 11.1. The molecular weight excluding hydrogens is 200 g/mol. The Labute approximate surface area is 96.5 Å². The lowest BCUT2D eigenvalue weighted by Gasteiger charge is -2.24. The van der Waals surface area contributed by atoms with Crippen molar-refractivity contribution in [3.8, 4) is 0 Å². The first-order chi connectivity index (χ1) is 7.68. The quantitative estimate of drug-likeness (QED) is 0.776. The van der Waals surface area contributed by atoms with Gasteiger partial charge in [0.1, 0.15) is 0 Å². The van der Waals surface area contributed by atoms with E-state index in [1.165, 1.54) is 0 Å². The zero-order chi connectivity index (χ0) is 11.5. The summed E-state index contributed by atoms with van der Waals surface area (Å²) in [6.45, 7) is 4.56. The number of rotatable bonds is 4. The predicted octanol–water partition coefficient (Wildman–Crippen LogP) is 2.23. The standard InChI is InChI=1S/C13H18N2O/c1-10(2)13(16)15(12-6-7-12)9-11-5-3-4-8-14-11/h3-5,8,10,12H,6-7,9H2,1-2H3. The number of aromatic nitrogens is 1. The SMILES string of the molecule is CC(C)C(=O)N(Cc1ccccn1)C1CC1. The van der Waals surface area contributed by atoms with Crippen LogP contribution in [0.1, 0.15) is 32.4 Å². The maximum Gasteiger partial charge on any atom is 0.225 e. The molecule has 1 amide bonds. The van der Waals surface area contributed by atoms with Gasteiger partial charge in [0.05, 0.1) is 12.2 Å². The van der Waals surface area contributed by atoms with E-state index in [2.05, 4.69) is 4.98 Å². The highest BCUT2D eigenvalue weighted by atomic mass is 16.2. The van der Waals surface area contributed by atoms with Crippen LogP contribution in [-0.4, -0.2) is 21.8 Å². The van der Waals surface area contributed by atoms with Gasteiger partial charge >= 0.3 is 0 Å². The lowest BCUT2D eigenvalue weighted by molar-refractivity contribution is -0.135. The summed E-state index contributed by atoms with van der Waals surface area (Å²) in [7, 11) is 0. The van der Waals surface area contributed by atoms with Gasteiger partial charge in [0.15, 0.2) is 0 Å². The van der Waals surface area contributed by atoms with Crippen molar-refractivity contribution in [3.05, 3.63) is 30.1 Å². The summed E-state index contributed by atoms with van der Waals surface area (Å²) in [4.78, 5) is 18.3. The third-order valence-electron chi connectivity index (χ3n) is 2.82. The lowest BCUT2D eigenvalue weighted by Crippen LogP contribution is -2.35. The molecule has 1 aromatic heterocycles. The Morgan fingerprint density at radius 3 is 2.75 bits per heavy atom. The molecule has 2 rings (SSSR count). The van der Waals surface area contributed by atoms with Crippen molar-refractivity contribution in [3.63, 3.8) is 0 Å². The van der Waals surface area contributed by atoms with Crippen molar-refractivity contribution >= 4 is 5.91 Å². The van der Waals surface area contributed by atoms with E-state index in [4.69, 9.17) is 0 Å². The number of hydrogen-bond acceptors (Lipinski definition) is 2. The number of carbonyl (C=O) groups is 1. The largest absolute Gasteiger partial charge is 0.334 e. The van der Waals surface area contributed by atoms with E-state index in [-0.39, 0.29) is 11.8 Å². The van der Waals surface area contributed by atoms with E-state index >= 15 is 0 Å². The van der Waals surface area contributed by atoms with E-state index < -0.39 is 0 Å². The van der Waals surface area contributed by atoms with Gasteiger partial charge < -0.3 is 4.90 Å². The molecule has 0 spiro atoms. The van der Waals surface area contributed by atoms with Crippen LogP contribution < -0.4 is 0 Å². The van der Waals surface area contributed by atoms with Gasteiger partial charge in [-0.15, -0.1) is 0 Å². The third-order valence-corrected chi connectivity index (χ3v) is 2.82. The van der Waals surface area contributed by atoms with Crippen LogP contribution in [0.25, 0.3) is 0 Å². The van der Waals surface area contributed by atoms with Crippen LogP contribution in [0.4, 0.5) is 0 Å². The molecule has 1 fully saturated rings. The molecule has 0 radical (unpaired) electrons. The first-order valence-electron chi connectivity index (χ1n) is 5.89. The molecule has 1 aromatic rings. The summed E-state index contributed by atoms with van der Waals surface area (Å²) in [6, 6.07) is 6.29. The number of carbonyl (C=O) groups excluding carboxylic acids is 1. The fraction of sp³-hybridized carbons (Fsp3) is 0.538. The number of nitrogens with zero attached hydrogens (tertiary/aromatic N) is 2. The van der Waals surface area contributed by atoms with E-state index in [1.54, 1.807) is 6.20 Å². The lowest BCUT2D eigenvalue weighted by atomic mass is 10.2. The second-order valence-electron chi connectivity index (χ2n) is 4.67. The maximum atomic E-state index is 12.0. The fourth-order valence-corrected chi connectivity index (χ4v) is 1.77. The Morgan fingerprint density at radius 2 is 2.25 bits per heavy atom. The van der Waals surface area contributed by atoms with E-state index in [0.717, 1.165) is 18.5 Å². The summed E-state index contributed by atoms with van der Waals surface area (Å²) in [5.74, 6) is 0.317. The molecule has 0 bridgehead atoms. The number of hydrogen-bond donors (Lipinski definition) is 0. The van der Waals surface area contributed by atoms with Crippen LogP contribution in [0.15, 0.2) is 24.4 Å². The van der Waals surface area contributed by atoms with Crippen molar-refractivity contribution in [2.24, 2.45) is 5.92 Å². The minimum absolute atomic E-state index is 0.0734. The molecule has 0 atom stereocenters. The smallest absolute Gasteiger partial charge is 0.225 e. The first-order valence-corrected chi connectivity index (χ1v) is 5.89. The van der Waals surface area contributed by atoms with Crippen molar-refractivity contribution < 1.29 is 4.79 Å². The van der Waals surface area contributed by atoms with Gasteiger partial charge in [-0.2, -0.15) is 0 Å². The molecule has 0 unspecified atom stereocenters. The maximum absolute atomic E-state index is 12.0. The number of pyridine rings is 1. The molecule has 86 valence electrons. The summed E-state index contributed by atoms with van der Waals surface area (Å²) in [6.07, 6.45) is 4.07. The Morgan fingerprint density at radius 1 is 1.50 bits per heavy atom. The molecule has 3 heteroatoms. The topological polar surface area (TPSA) is 33.2 Å². The molecule has 1 aliphatic rings. The van der Waals surface area contributed by atoms with Gasteiger partial charge in [-0.3, -0.25) is 9.78 Å². The monoisotopic (exact) mass is 218 g/mol. The van der Waals surface area contributed by atoms with Gasteiger partial charge in [-0.25, -0.2) is 0 Å². The van der Waals surface area contributed by atoms with Crippen LogP contribution in [0, 0.1) is 5.92 Å². The number of amides is 1. The highest BCUT2D eigenvalue weighted by molar-refractivity contribution is 5.78. The van der Waals surface area contributed by atoms with Gasteiger partial charge in [0.25, 0.3) is 0 Å². The minimum atomic E-state index is 0.0734. The van der Waals surface area contributed by atoms with Crippen molar-refractivity contribution in [2.75, 3.05) is 0 Å². The molecule has 3 nitrogen and oxygen atoms in total. The zero-order valence-corrected chi connectivity index (χ0v) is 9.89. The van der Waals surface area contributed by atoms with Crippen LogP contribution in [0.2, 0.25) is 0 Å². The van der Waals surface area contributed by atoms with Gasteiger partial charge in [-0.1, -0.05) is 19.9 Å². The molecule has 0 aromatic carbocycles. The van der Waals surface area contributed by atoms with Gasteiger partial charge in [-0.05, 0) is 25.0 Å².